The summed E-state index contributed by atoms with van der Waals surface area (Å²) >= 11 is 0. The largest absolute Gasteiger partial charge is 0.482 e. The first-order chi connectivity index (χ1) is 13.5. The monoisotopic (exact) mass is 401 g/mol. The number of esters is 1. The maximum Gasteiger partial charge on any atom is 0.343 e. The summed E-state index contributed by atoms with van der Waals surface area (Å²) in [4.78, 5) is 15.7. The minimum absolute atomic E-state index is 0.122. The van der Waals surface area contributed by atoms with Crippen LogP contribution in [0.4, 0.5) is 0 Å². The first-order valence-corrected chi connectivity index (χ1v) is 10.4. The van der Waals surface area contributed by atoms with Gasteiger partial charge in [-0.2, -0.15) is 0 Å². The molecule has 1 aromatic carbocycles. The number of carbonyl (C=O) groups excluding carboxylic acids is 1. The van der Waals surface area contributed by atoms with Crippen molar-refractivity contribution in [2.45, 2.75) is 13.5 Å². The fraction of sp³-hybridized carbons (Fsp3) is 0.333. The summed E-state index contributed by atoms with van der Waals surface area (Å²) in [5.74, 6) is 6.46. The van der Waals surface area contributed by atoms with Crippen LogP contribution < -0.4 is 10.2 Å². The van der Waals surface area contributed by atoms with Crippen molar-refractivity contribution in [1.29, 1.82) is 0 Å². The molecule has 0 fully saturated rings. The van der Waals surface area contributed by atoms with E-state index in [-0.39, 0.29) is 6.61 Å². The predicted molar refractivity (Wildman–Crippen MR) is 109 cm³/mol. The zero-order valence-corrected chi connectivity index (χ0v) is 17.4. The highest BCUT2D eigenvalue weighted by atomic mass is 31.1. The van der Waals surface area contributed by atoms with E-state index in [2.05, 4.69) is 21.6 Å². The Morgan fingerprint density at radius 3 is 2.46 bits per heavy atom. The molecule has 0 saturated carbocycles. The number of carbonyl (C=O) groups is 1. The average molecular weight is 401 g/mol. The van der Waals surface area contributed by atoms with E-state index in [0.717, 1.165) is 22.3 Å². The van der Waals surface area contributed by atoms with Crippen molar-refractivity contribution in [3.63, 3.8) is 0 Å². The molecule has 7 heteroatoms. The van der Waals surface area contributed by atoms with E-state index in [9.17, 15) is 4.79 Å². The summed E-state index contributed by atoms with van der Waals surface area (Å²) < 4.78 is 20.8. The van der Waals surface area contributed by atoms with Crippen molar-refractivity contribution in [2.24, 2.45) is 0 Å². The third-order valence-corrected chi connectivity index (χ3v) is 5.11. The molecule has 6 nitrogen and oxygen atoms in total. The molecule has 1 unspecified atom stereocenters. The van der Waals surface area contributed by atoms with Gasteiger partial charge in [0.05, 0.1) is 33.0 Å². The van der Waals surface area contributed by atoms with Crippen LogP contribution in [0.25, 0.3) is 0 Å². The summed E-state index contributed by atoms with van der Waals surface area (Å²) in [7, 11) is 2.17. The molecule has 0 amide bonds. The number of nitrogens with zero attached hydrogens (tertiary/aromatic N) is 1. The molecule has 0 aliphatic rings. The maximum absolute atomic E-state index is 11.1. The Bertz CT molecular complexity index is 842. The van der Waals surface area contributed by atoms with Gasteiger partial charge in [0.2, 0.25) is 0 Å². The molecular formula is C21H24NO5P. The second-order valence-corrected chi connectivity index (χ2v) is 7.40. The molecule has 0 N–H and O–H groups in total. The summed E-state index contributed by atoms with van der Waals surface area (Å²) in [6.07, 6.45) is 0. The Balaban J connectivity index is 2.16. The van der Waals surface area contributed by atoms with Gasteiger partial charge in [-0.05, 0) is 50.0 Å². The Labute approximate surface area is 167 Å². The van der Waals surface area contributed by atoms with Crippen LogP contribution in [0.3, 0.4) is 0 Å². The van der Waals surface area contributed by atoms with E-state index in [0.29, 0.717) is 19.0 Å². The van der Waals surface area contributed by atoms with Crippen LogP contribution in [-0.2, 0) is 25.4 Å². The molecule has 0 aliphatic heterocycles. The zero-order valence-electron chi connectivity index (χ0n) is 16.5. The lowest BCUT2D eigenvalue weighted by Crippen LogP contribution is -2.12. The molecule has 0 radical (unpaired) electrons. The average Bonchev–Trinajstić information content (AvgIpc) is 2.71. The smallest absolute Gasteiger partial charge is 0.343 e. The molecule has 1 aromatic heterocycles. The van der Waals surface area contributed by atoms with Crippen molar-refractivity contribution in [1.82, 2.24) is 4.98 Å². The standard InChI is InChI=1S/C21H24NO5P/c1-5-27-28(4)20-13-17(12-18(22-20)14-24-2)7-6-16-8-10-19(11-9-16)26-15-21(23)25-3/h8-13H,5,14-15H2,1-4H3. The number of rotatable bonds is 8. The van der Waals surface area contributed by atoms with Gasteiger partial charge in [-0.15, -0.1) is 0 Å². The van der Waals surface area contributed by atoms with Crippen LogP contribution in [-0.4, -0.2) is 45.1 Å². The van der Waals surface area contributed by atoms with Gasteiger partial charge in [0.25, 0.3) is 0 Å². The topological polar surface area (TPSA) is 66.9 Å². The van der Waals surface area contributed by atoms with Crippen molar-refractivity contribution < 1.29 is 23.5 Å². The minimum Gasteiger partial charge on any atom is -0.482 e. The molecule has 148 valence electrons. The third-order valence-electron chi connectivity index (χ3n) is 3.59. The van der Waals surface area contributed by atoms with Crippen molar-refractivity contribution in [2.75, 3.05) is 34.1 Å². The Kier molecular flexibility index (Phi) is 8.90. The lowest BCUT2D eigenvalue weighted by molar-refractivity contribution is -0.142. The molecule has 0 aliphatic carbocycles. The van der Waals surface area contributed by atoms with E-state index in [1.807, 2.05) is 37.9 Å². The van der Waals surface area contributed by atoms with Crippen LogP contribution in [0.5, 0.6) is 5.75 Å². The van der Waals surface area contributed by atoms with Gasteiger partial charge in [-0.25, -0.2) is 9.78 Å². The molecule has 0 saturated heterocycles. The number of aromatic nitrogens is 1. The van der Waals surface area contributed by atoms with E-state index in [4.69, 9.17) is 14.0 Å². The second-order valence-electron chi connectivity index (χ2n) is 5.69. The first-order valence-electron chi connectivity index (χ1n) is 8.74. The van der Waals surface area contributed by atoms with Crippen LogP contribution in [0.2, 0.25) is 0 Å². The van der Waals surface area contributed by atoms with Gasteiger partial charge in [0.15, 0.2) is 6.61 Å². The van der Waals surface area contributed by atoms with Crippen molar-refractivity contribution in [3.8, 4) is 17.6 Å². The quantitative estimate of drug-likeness (QED) is 0.385. The highest BCUT2D eigenvalue weighted by molar-refractivity contribution is 7.59. The van der Waals surface area contributed by atoms with Crippen LogP contribution >= 0.6 is 8.15 Å². The molecular weight excluding hydrogens is 377 g/mol. The second kappa shape index (κ2) is 11.4. The highest BCUT2D eigenvalue weighted by Crippen LogP contribution is 2.30. The lowest BCUT2D eigenvalue weighted by atomic mass is 10.2. The Morgan fingerprint density at radius 2 is 1.82 bits per heavy atom. The Hall–Kier alpha value is -2.45. The number of benzene rings is 1. The maximum atomic E-state index is 11.1. The summed E-state index contributed by atoms with van der Waals surface area (Å²) in [5.41, 5.74) is 3.41. The minimum atomic E-state index is -0.788. The summed E-state index contributed by atoms with van der Waals surface area (Å²) in [6.45, 7) is 4.94. The fourth-order valence-electron chi connectivity index (χ4n) is 2.27. The van der Waals surface area contributed by atoms with Crippen LogP contribution in [0.1, 0.15) is 23.7 Å². The van der Waals surface area contributed by atoms with Crippen molar-refractivity contribution in [3.05, 3.63) is 53.2 Å². The van der Waals surface area contributed by atoms with Gasteiger partial charge in [0.1, 0.15) is 5.75 Å². The number of hydrogen-bond acceptors (Lipinski definition) is 6. The van der Waals surface area contributed by atoms with Crippen molar-refractivity contribution >= 4 is 19.6 Å². The van der Waals surface area contributed by atoms with Gasteiger partial charge in [-0.1, -0.05) is 11.8 Å². The summed E-state index contributed by atoms with van der Waals surface area (Å²) in [6, 6.07) is 11.1. The van der Waals surface area contributed by atoms with E-state index in [1.165, 1.54) is 7.11 Å². The third kappa shape index (κ3) is 6.94. The predicted octanol–water partition coefficient (Wildman–Crippen LogP) is 2.87. The van der Waals surface area contributed by atoms with E-state index < -0.39 is 14.1 Å². The normalized spacial score (nSPS) is 11.3. The van der Waals surface area contributed by atoms with Crippen LogP contribution in [0.15, 0.2) is 36.4 Å². The molecule has 28 heavy (non-hydrogen) atoms. The lowest BCUT2D eigenvalue weighted by Gasteiger charge is -2.12. The van der Waals surface area contributed by atoms with E-state index >= 15 is 0 Å². The van der Waals surface area contributed by atoms with Gasteiger partial charge >= 0.3 is 5.97 Å². The zero-order chi connectivity index (χ0) is 20.4. The molecule has 2 aromatic rings. The van der Waals surface area contributed by atoms with Gasteiger partial charge < -0.3 is 18.7 Å². The van der Waals surface area contributed by atoms with Gasteiger partial charge in [-0.3, -0.25) is 0 Å². The molecule has 2 rings (SSSR count). The number of ether oxygens (including phenoxy) is 3. The molecule has 1 heterocycles. The van der Waals surface area contributed by atoms with Gasteiger partial charge in [0, 0.05) is 24.8 Å². The first kappa shape index (κ1) is 21.8. The fourth-order valence-corrected chi connectivity index (χ4v) is 3.38. The molecule has 1 atom stereocenters. The number of hydrogen-bond donors (Lipinski definition) is 0. The SMILES string of the molecule is CCOP(C)c1cc(C#Cc2ccc(OCC(=O)OC)cc2)cc(COC)n1. The summed E-state index contributed by atoms with van der Waals surface area (Å²) in [5, 5.41) is 0. The molecule has 0 bridgehead atoms. The molecule has 0 spiro atoms. The number of pyridine rings is 1. The Morgan fingerprint density at radius 1 is 1.11 bits per heavy atom. The number of methoxy groups -OCH3 is 2. The van der Waals surface area contributed by atoms with E-state index in [1.54, 1.807) is 19.2 Å². The van der Waals surface area contributed by atoms with Crippen LogP contribution in [0, 0.1) is 11.8 Å². The highest BCUT2D eigenvalue weighted by Gasteiger charge is 2.10.